The summed E-state index contributed by atoms with van der Waals surface area (Å²) >= 11 is 0. The molecule has 0 bridgehead atoms. The second-order valence-electron chi connectivity index (χ2n) is 3.05. The van der Waals surface area contributed by atoms with Crippen LogP contribution in [0.3, 0.4) is 0 Å². The maximum atomic E-state index is 5.25. The van der Waals surface area contributed by atoms with Crippen LogP contribution in [-0.2, 0) is 0 Å². The van der Waals surface area contributed by atoms with Crippen LogP contribution in [0.5, 0.6) is 5.75 Å². The number of hydrogen-bond donors (Lipinski definition) is 0. The van der Waals surface area contributed by atoms with Crippen molar-refractivity contribution in [2.45, 2.75) is 20.8 Å². The normalized spacial score (nSPS) is 9.36. The van der Waals surface area contributed by atoms with Gasteiger partial charge in [0, 0.05) is 0 Å². The molecule has 2 heteroatoms. The van der Waals surface area contributed by atoms with Gasteiger partial charge in [-0.15, -0.1) is 0 Å². The minimum Gasteiger partial charge on any atom is -0.496 e. The number of methoxy groups -OCH3 is 1. The van der Waals surface area contributed by atoms with Gasteiger partial charge < -0.3 is 4.74 Å². The van der Waals surface area contributed by atoms with Gasteiger partial charge >= 0.3 is 0 Å². The van der Waals surface area contributed by atoms with Crippen LogP contribution in [0.25, 0.3) is 0 Å². The van der Waals surface area contributed by atoms with E-state index in [0.29, 0.717) is 0 Å². The highest BCUT2D eigenvalue weighted by molar-refractivity contribution is 7.64. The third kappa shape index (κ3) is 3.67. The van der Waals surface area contributed by atoms with E-state index < -0.39 is 0 Å². The first-order chi connectivity index (χ1) is 6.65. The Hall–Kier alpha value is -0.550. The van der Waals surface area contributed by atoms with Gasteiger partial charge in [-0.2, -0.15) is 0 Å². The standard InChI is InChI=1S/C10H15OP.C2H6/c1-8-5-6-9(12(3)4)7-10(8)11-2;1-2/h5-7H,1-4H3;1-2H3. The zero-order valence-electron chi connectivity index (χ0n) is 10.1. The highest BCUT2D eigenvalue weighted by Crippen LogP contribution is 2.26. The Labute approximate surface area is 89.2 Å². The SMILES string of the molecule is CC.COc1cc(P(C)C)ccc1C. The van der Waals surface area contributed by atoms with E-state index in [-0.39, 0.29) is 7.92 Å². The van der Waals surface area contributed by atoms with E-state index >= 15 is 0 Å². The lowest BCUT2D eigenvalue weighted by Gasteiger charge is -2.09. The molecule has 0 spiro atoms. The number of aryl methyl sites for hydroxylation is 1. The summed E-state index contributed by atoms with van der Waals surface area (Å²) in [4.78, 5) is 0. The molecule has 14 heavy (non-hydrogen) atoms. The van der Waals surface area contributed by atoms with Crippen LogP contribution < -0.4 is 10.0 Å². The maximum Gasteiger partial charge on any atom is 0.122 e. The molecule has 0 radical (unpaired) electrons. The van der Waals surface area contributed by atoms with Gasteiger partial charge in [-0.1, -0.05) is 33.9 Å². The van der Waals surface area contributed by atoms with E-state index in [1.807, 2.05) is 13.8 Å². The Morgan fingerprint density at radius 2 is 1.71 bits per heavy atom. The van der Waals surface area contributed by atoms with Gasteiger partial charge in [-0.3, -0.25) is 0 Å². The topological polar surface area (TPSA) is 9.23 Å². The smallest absolute Gasteiger partial charge is 0.122 e. The van der Waals surface area contributed by atoms with E-state index in [1.165, 1.54) is 10.9 Å². The van der Waals surface area contributed by atoms with Gasteiger partial charge in [0.25, 0.3) is 0 Å². The summed E-state index contributed by atoms with van der Waals surface area (Å²) in [6.45, 7) is 10.6. The first-order valence-electron chi connectivity index (χ1n) is 4.97. The first-order valence-corrected chi connectivity index (χ1v) is 7.20. The molecule has 1 aromatic rings. The highest BCUT2D eigenvalue weighted by Gasteiger charge is 2.02. The van der Waals surface area contributed by atoms with Crippen molar-refractivity contribution in [1.82, 2.24) is 0 Å². The average Bonchev–Trinajstić information content (AvgIpc) is 2.21. The fraction of sp³-hybridized carbons (Fsp3) is 0.500. The molecule has 0 heterocycles. The Balaban J connectivity index is 0.000000791. The second kappa shape index (κ2) is 6.84. The van der Waals surface area contributed by atoms with Crippen molar-refractivity contribution in [3.63, 3.8) is 0 Å². The van der Waals surface area contributed by atoms with E-state index in [2.05, 4.69) is 38.5 Å². The molecule has 0 unspecified atom stereocenters. The quantitative estimate of drug-likeness (QED) is 0.683. The van der Waals surface area contributed by atoms with Gasteiger partial charge in [-0.25, -0.2) is 0 Å². The Morgan fingerprint density at radius 3 is 2.14 bits per heavy atom. The summed E-state index contributed by atoms with van der Waals surface area (Å²) in [6.07, 6.45) is 0. The third-order valence-electron chi connectivity index (χ3n) is 1.91. The molecule has 0 atom stereocenters. The Morgan fingerprint density at radius 1 is 1.14 bits per heavy atom. The first kappa shape index (κ1) is 13.4. The summed E-state index contributed by atoms with van der Waals surface area (Å²) in [5, 5.41) is 1.40. The van der Waals surface area contributed by atoms with Crippen molar-refractivity contribution < 1.29 is 4.74 Å². The number of ether oxygens (including phenoxy) is 1. The molecule has 1 nitrogen and oxygen atoms in total. The fourth-order valence-corrected chi connectivity index (χ4v) is 1.83. The van der Waals surface area contributed by atoms with Crippen LogP contribution >= 0.6 is 7.92 Å². The maximum absolute atomic E-state index is 5.25. The summed E-state index contributed by atoms with van der Waals surface area (Å²) in [7, 11) is 1.71. The van der Waals surface area contributed by atoms with Gasteiger partial charge in [0.15, 0.2) is 0 Å². The molecule has 0 fully saturated rings. The van der Waals surface area contributed by atoms with Gasteiger partial charge in [0.2, 0.25) is 0 Å². The lowest BCUT2D eigenvalue weighted by atomic mass is 10.2. The van der Waals surface area contributed by atoms with Crippen LogP contribution in [0, 0.1) is 6.92 Å². The molecular weight excluding hydrogens is 191 g/mol. The van der Waals surface area contributed by atoms with Crippen LogP contribution in [-0.4, -0.2) is 20.4 Å². The van der Waals surface area contributed by atoms with Crippen LogP contribution in [0.2, 0.25) is 0 Å². The molecule has 80 valence electrons. The molecule has 0 aliphatic rings. The summed E-state index contributed by atoms with van der Waals surface area (Å²) in [5.41, 5.74) is 1.21. The summed E-state index contributed by atoms with van der Waals surface area (Å²) < 4.78 is 5.25. The van der Waals surface area contributed by atoms with E-state index in [1.54, 1.807) is 7.11 Å². The predicted molar refractivity (Wildman–Crippen MR) is 67.5 cm³/mol. The zero-order valence-corrected chi connectivity index (χ0v) is 11.0. The van der Waals surface area contributed by atoms with Crippen molar-refractivity contribution in [2.75, 3.05) is 20.4 Å². The van der Waals surface area contributed by atoms with E-state index in [4.69, 9.17) is 4.74 Å². The lowest BCUT2D eigenvalue weighted by Crippen LogP contribution is -2.00. The summed E-state index contributed by atoms with van der Waals surface area (Å²) in [6, 6.07) is 6.45. The van der Waals surface area contributed by atoms with E-state index in [9.17, 15) is 0 Å². The molecule has 0 amide bonds. The number of rotatable bonds is 2. The van der Waals surface area contributed by atoms with Crippen LogP contribution in [0.1, 0.15) is 19.4 Å². The molecule has 0 N–H and O–H groups in total. The molecular formula is C12H21OP. The molecule has 0 aliphatic carbocycles. The zero-order chi connectivity index (χ0) is 11.1. The highest BCUT2D eigenvalue weighted by atomic mass is 31.1. The van der Waals surface area contributed by atoms with Crippen molar-refractivity contribution in [2.24, 2.45) is 0 Å². The van der Waals surface area contributed by atoms with Crippen molar-refractivity contribution in [3.05, 3.63) is 23.8 Å². The molecule has 1 rings (SSSR count). The monoisotopic (exact) mass is 212 g/mol. The molecule has 1 aromatic carbocycles. The van der Waals surface area contributed by atoms with Crippen molar-refractivity contribution in [3.8, 4) is 5.75 Å². The van der Waals surface area contributed by atoms with Crippen molar-refractivity contribution in [1.29, 1.82) is 0 Å². The average molecular weight is 212 g/mol. The van der Waals surface area contributed by atoms with Crippen LogP contribution in [0.4, 0.5) is 0 Å². The van der Waals surface area contributed by atoms with Gasteiger partial charge in [0.1, 0.15) is 5.75 Å². The predicted octanol–water partition coefficient (Wildman–Crippen LogP) is 3.40. The number of hydrogen-bond acceptors (Lipinski definition) is 1. The Kier molecular flexibility index (Phi) is 6.57. The molecule has 0 aliphatic heterocycles. The Bertz CT molecular complexity index is 269. The summed E-state index contributed by atoms with van der Waals surface area (Å²) in [5.74, 6) is 1.00. The minimum absolute atomic E-state index is 0.00989. The molecule has 0 saturated heterocycles. The minimum atomic E-state index is -0.00989. The van der Waals surface area contributed by atoms with Crippen molar-refractivity contribution >= 4 is 13.2 Å². The number of benzene rings is 1. The molecule has 0 aromatic heterocycles. The van der Waals surface area contributed by atoms with Gasteiger partial charge in [-0.05, 0) is 37.2 Å². The third-order valence-corrected chi connectivity index (χ3v) is 3.22. The largest absolute Gasteiger partial charge is 0.496 e. The lowest BCUT2D eigenvalue weighted by molar-refractivity contribution is 0.412. The van der Waals surface area contributed by atoms with Gasteiger partial charge in [0.05, 0.1) is 7.11 Å². The molecule has 0 saturated carbocycles. The van der Waals surface area contributed by atoms with E-state index in [0.717, 1.165) is 5.75 Å². The fourth-order valence-electron chi connectivity index (χ4n) is 1.09. The van der Waals surface area contributed by atoms with Crippen LogP contribution in [0.15, 0.2) is 18.2 Å². The second-order valence-corrected chi connectivity index (χ2v) is 5.35.